The van der Waals surface area contributed by atoms with Gasteiger partial charge in [-0.3, -0.25) is 14.7 Å². The molecule has 3 heterocycles. The number of nitrogens with zero attached hydrogens (tertiary/aromatic N) is 3. The smallest absolute Gasteiger partial charge is 0.225 e. The molecule has 1 aromatic heterocycles. The van der Waals surface area contributed by atoms with Gasteiger partial charge in [0.05, 0.1) is 0 Å². The van der Waals surface area contributed by atoms with Crippen molar-refractivity contribution in [1.29, 1.82) is 0 Å². The first kappa shape index (κ1) is 15.5. The molecule has 2 aliphatic rings. The molecule has 0 bridgehead atoms. The summed E-state index contributed by atoms with van der Waals surface area (Å²) in [7, 11) is 0. The first-order valence-corrected chi connectivity index (χ1v) is 8.53. The van der Waals surface area contributed by atoms with Crippen LogP contribution in [0.2, 0.25) is 0 Å². The van der Waals surface area contributed by atoms with Crippen molar-refractivity contribution < 1.29 is 4.79 Å². The first-order valence-electron chi connectivity index (χ1n) is 8.53. The topological polar surface area (TPSA) is 36.4 Å². The second-order valence-corrected chi connectivity index (χ2v) is 7.13. The molecule has 4 nitrogen and oxygen atoms in total. The number of carbonyl (C=O) groups is 1. The Kier molecular flexibility index (Phi) is 4.48. The van der Waals surface area contributed by atoms with Crippen LogP contribution in [-0.4, -0.2) is 45.9 Å². The zero-order valence-electron chi connectivity index (χ0n) is 13.8. The monoisotopic (exact) mass is 301 g/mol. The van der Waals surface area contributed by atoms with Crippen LogP contribution in [0, 0.1) is 5.92 Å². The maximum atomic E-state index is 12.4. The number of carbonyl (C=O) groups excluding carboxylic acids is 1. The summed E-state index contributed by atoms with van der Waals surface area (Å²) < 4.78 is 0. The van der Waals surface area contributed by atoms with Gasteiger partial charge >= 0.3 is 0 Å². The van der Waals surface area contributed by atoms with Gasteiger partial charge in [0, 0.05) is 43.5 Å². The van der Waals surface area contributed by atoms with Crippen molar-refractivity contribution in [3.63, 3.8) is 0 Å². The molecular formula is C18H27N3O. The number of aromatic nitrogens is 1. The van der Waals surface area contributed by atoms with Crippen molar-refractivity contribution in [2.24, 2.45) is 5.92 Å². The normalized spacial score (nSPS) is 26.0. The highest BCUT2D eigenvalue weighted by atomic mass is 16.2. The summed E-state index contributed by atoms with van der Waals surface area (Å²) in [4.78, 5) is 21.3. The SMILES string of the molecule is CC(C)C(=O)N1CCC[C@]2(CCCN2Cc2cccnc2)C1. The Hall–Kier alpha value is -1.42. The highest BCUT2D eigenvalue weighted by Crippen LogP contribution is 2.38. The fraction of sp³-hybridized carbons (Fsp3) is 0.667. The fourth-order valence-electron chi connectivity index (χ4n) is 4.08. The molecular weight excluding hydrogens is 274 g/mol. The van der Waals surface area contributed by atoms with E-state index in [0.717, 1.165) is 32.6 Å². The number of amides is 1. The van der Waals surface area contributed by atoms with Crippen molar-refractivity contribution >= 4 is 5.91 Å². The van der Waals surface area contributed by atoms with Crippen LogP contribution in [0.25, 0.3) is 0 Å². The Morgan fingerprint density at radius 3 is 2.77 bits per heavy atom. The minimum absolute atomic E-state index is 0.100. The van der Waals surface area contributed by atoms with Gasteiger partial charge in [-0.2, -0.15) is 0 Å². The Balaban J connectivity index is 1.74. The van der Waals surface area contributed by atoms with E-state index >= 15 is 0 Å². The van der Waals surface area contributed by atoms with E-state index < -0.39 is 0 Å². The molecule has 120 valence electrons. The summed E-state index contributed by atoms with van der Waals surface area (Å²) in [5, 5.41) is 0. The maximum absolute atomic E-state index is 12.4. The Bertz CT molecular complexity index is 516. The lowest BCUT2D eigenvalue weighted by molar-refractivity contribution is -0.138. The molecule has 22 heavy (non-hydrogen) atoms. The van der Waals surface area contributed by atoms with Crippen molar-refractivity contribution in [2.45, 2.75) is 51.6 Å². The summed E-state index contributed by atoms with van der Waals surface area (Å²) in [6.07, 6.45) is 8.59. The molecule has 0 aromatic carbocycles. The zero-order chi connectivity index (χ0) is 15.6. The van der Waals surface area contributed by atoms with Crippen molar-refractivity contribution in [3.8, 4) is 0 Å². The minimum atomic E-state index is 0.100. The van der Waals surface area contributed by atoms with Gasteiger partial charge in [-0.1, -0.05) is 19.9 Å². The van der Waals surface area contributed by atoms with Gasteiger partial charge in [0.25, 0.3) is 0 Å². The van der Waals surface area contributed by atoms with Crippen molar-refractivity contribution in [1.82, 2.24) is 14.8 Å². The van der Waals surface area contributed by atoms with E-state index in [1.807, 2.05) is 32.3 Å². The van der Waals surface area contributed by atoms with Crippen LogP contribution in [0.15, 0.2) is 24.5 Å². The van der Waals surface area contributed by atoms with Crippen molar-refractivity contribution in [3.05, 3.63) is 30.1 Å². The summed E-state index contributed by atoms with van der Waals surface area (Å²) in [5.41, 5.74) is 1.47. The van der Waals surface area contributed by atoms with E-state index in [-0.39, 0.29) is 11.5 Å². The molecule has 0 unspecified atom stereocenters. The Morgan fingerprint density at radius 2 is 2.09 bits per heavy atom. The number of likely N-dealkylation sites (tertiary alicyclic amines) is 2. The molecule has 0 radical (unpaired) electrons. The summed E-state index contributed by atoms with van der Waals surface area (Å²) >= 11 is 0. The van der Waals surface area contributed by atoms with Gasteiger partial charge in [0.2, 0.25) is 5.91 Å². The molecule has 0 aliphatic carbocycles. The lowest BCUT2D eigenvalue weighted by atomic mass is 9.85. The highest BCUT2D eigenvalue weighted by molar-refractivity contribution is 5.78. The van der Waals surface area contributed by atoms with E-state index in [1.54, 1.807) is 0 Å². The van der Waals surface area contributed by atoms with E-state index in [4.69, 9.17) is 0 Å². The van der Waals surface area contributed by atoms with Crippen molar-refractivity contribution in [2.75, 3.05) is 19.6 Å². The standard InChI is InChI=1S/C18H27N3O/c1-15(2)17(22)20-10-4-7-18(14-20)8-5-11-21(18)13-16-6-3-9-19-12-16/h3,6,9,12,15H,4-5,7-8,10-11,13-14H2,1-2H3/t18-/m0/s1. The van der Waals surface area contributed by atoms with Gasteiger partial charge < -0.3 is 4.90 Å². The third-order valence-corrected chi connectivity index (χ3v) is 5.20. The molecule has 2 aliphatic heterocycles. The number of hydrogen-bond donors (Lipinski definition) is 0. The molecule has 1 spiro atoms. The fourth-order valence-corrected chi connectivity index (χ4v) is 4.08. The average Bonchev–Trinajstić information content (AvgIpc) is 2.89. The minimum Gasteiger partial charge on any atom is -0.341 e. The second kappa shape index (κ2) is 6.37. The molecule has 1 atom stereocenters. The highest BCUT2D eigenvalue weighted by Gasteiger charge is 2.44. The van der Waals surface area contributed by atoms with Gasteiger partial charge in [-0.25, -0.2) is 0 Å². The maximum Gasteiger partial charge on any atom is 0.225 e. The summed E-state index contributed by atoms with van der Waals surface area (Å²) in [6.45, 7) is 7.94. The van der Waals surface area contributed by atoms with E-state index in [2.05, 4.69) is 20.9 Å². The molecule has 2 fully saturated rings. The lowest BCUT2D eigenvalue weighted by Crippen LogP contribution is -2.57. The van der Waals surface area contributed by atoms with Crippen LogP contribution in [0.4, 0.5) is 0 Å². The number of hydrogen-bond acceptors (Lipinski definition) is 3. The largest absolute Gasteiger partial charge is 0.341 e. The third-order valence-electron chi connectivity index (χ3n) is 5.20. The van der Waals surface area contributed by atoms with Crippen LogP contribution in [0.1, 0.15) is 45.1 Å². The lowest BCUT2D eigenvalue weighted by Gasteiger charge is -2.46. The predicted octanol–water partition coefficient (Wildman–Crippen LogP) is 2.69. The molecule has 1 aromatic rings. The molecule has 0 saturated carbocycles. The van der Waals surface area contributed by atoms with Gasteiger partial charge in [-0.05, 0) is 43.9 Å². The zero-order valence-corrected chi connectivity index (χ0v) is 13.8. The number of rotatable bonds is 3. The van der Waals surface area contributed by atoms with E-state index in [9.17, 15) is 4.79 Å². The van der Waals surface area contributed by atoms with Gasteiger partial charge in [0.15, 0.2) is 0 Å². The Labute approximate surface area is 133 Å². The molecule has 0 N–H and O–H groups in total. The molecule has 2 saturated heterocycles. The quantitative estimate of drug-likeness (QED) is 0.861. The predicted molar refractivity (Wildman–Crippen MR) is 87.3 cm³/mol. The molecule has 4 heteroatoms. The first-order chi connectivity index (χ1) is 10.6. The van der Waals surface area contributed by atoms with Crippen LogP contribution >= 0.6 is 0 Å². The van der Waals surface area contributed by atoms with Crippen LogP contribution < -0.4 is 0 Å². The molecule has 3 rings (SSSR count). The number of pyridine rings is 1. The van der Waals surface area contributed by atoms with Crippen LogP contribution in [0.5, 0.6) is 0 Å². The van der Waals surface area contributed by atoms with E-state index in [1.165, 1.54) is 24.8 Å². The van der Waals surface area contributed by atoms with Crippen LogP contribution in [-0.2, 0) is 11.3 Å². The van der Waals surface area contributed by atoms with E-state index in [0.29, 0.717) is 5.91 Å². The molecule has 1 amide bonds. The van der Waals surface area contributed by atoms with Gasteiger partial charge in [0.1, 0.15) is 0 Å². The summed E-state index contributed by atoms with van der Waals surface area (Å²) in [5.74, 6) is 0.413. The average molecular weight is 301 g/mol. The third kappa shape index (κ3) is 3.02. The number of piperidine rings is 1. The van der Waals surface area contributed by atoms with Crippen LogP contribution in [0.3, 0.4) is 0 Å². The second-order valence-electron chi connectivity index (χ2n) is 7.13. The van der Waals surface area contributed by atoms with Gasteiger partial charge in [-0.15, -0.1) is 0 Å². The Morgan fingerprint density at radius 1 is 1.32 bits per heavy atom. The summed E-state index contributed by atoms with van der Waals surface area (Å²) in [6, 6.07) is 4.16.